The van der Waals surface area contributed by atoms with Gasteiger partial charge in [-0.05, 0) is 82.6 Å². The van der Waals surface area contributed by atoms with Crippen molar-refractivity contribution in [3.63, 3.8) is 0 Å². The molecule has 9 nitrogen and oxygen atoms in total. The highest BCUT2D eigenvalue weighted by molar-refractivity contribution is 7.89. The van der Waals surface area contributed by atoms with E-state index in [-0.39, 0.29) is 23.5 Å². The molecule has 3 aromatic carbocycles. The summed E-state index contributed by atoms with van der Waals surface area (Å²) in [5.41, 5.74) is 2.35. The lowest BCUT2D eigenvalue weighted by Gasteiger charge is -2.22. The molecule has 42 heavy (non-hydrogen) atoms. The summed E-state index contributed by atoms with van der Waals surface area (Å²) in [6, 6.07) is 21.1. The van der Waals surface area contributed by atoms with Gasteiger partial charge in [0, 0.05) is 40.7 Å². The second-order valence-corrected chi connectivity index (χ2v) is 13.6. The first-order valence-corrected chi connectivity index (χ1v) is 15.6. The van der Waals surface area contributed by atoms with Crippen LogP contribution >= 0.6 is 11.3 Å². The van der Waals surface area contributed by atoms with E-state index in [1.807, 2.05) is 18.2 Å². The van der Waals surface area contributed by atoms with E-state index in [2.05, 4.69) is 20.3 Å². The van der Waals surface area contributed by atoms with Crippen LogP contribution in [0, 0.1) is 0 Å². The van der Waals surface area contributed by atoms with Crippen molar-refractivity contribution in [2.75, 3.05) is 5.32 Å². The number of carbonyl (C=O) groups is 2. The molecule has 4 rings (SSSR count). The normalized spacial score (nSPS) is 11.8. The molecule has 0 bridgehead atoms. The number of benzene rings is 3. The largest absolute Gasteiger partial charge is 0.447 e. The van der Waals surface area contributed by atoms with Crippen molar-refractivity contribution < 1.29 is 22.7 Å². The molecule has 0 aliphatic rings. The maximum absolute atomic E-state index is 13.6. The monoisotopic (exact) mass is 606 g/mol. The van der Waals surface area contributed by atoms with Gasteiger partial charge in [0.1, 0.15) is 5.01 Å². The number of sulfonamides is 1. The van der Waals surface area contributed by atoms with Gasteiger partial charge in [0.15, 0.2) is 0 Å². The lowest BCUT2D eigenvalue weighted by molar-refractivity contribution is 0.0950. The predicted molar refractivity (Wildman–Crippen MR) is 166 cm³/mol. The third kappa shape index (κ3) is 8.25. The minimum Gasteiger partial charge on any atom is -0.447 e. The SMILES string of the molecule is CC(C)OC(=O)Nc1ccc(-c2ncc(-c3ccc(CNC(=O)c4ccccc4)cc3S(=O)(=O)NC(C)(C)C)s2)cc1. The fourth-order valence-electron chi connectivity index (χ4n) is 4.02. The van der Waals surface area contributed by atoms with E-state index in [0.717, 1.165) is 5.56 Å². The van der Waals surface area contributed by atoms with Crippen LogP contribution in [0.15, 0.2) is 83.9 Å². The molecule has 0 aliphatic heterocycles. The van der Waals surface area contributed by atoms with E-state index in [4.69, 9.17) is 4.74 Å². The lowest BCUT2D eigenvalue weighted by atomic mass is 10.1. The van der Waals surface area contributed by atoms with E-state index >= 15 is 0 Å². The Morgan fingerprint density at radius 1 is 0.976 bits per heavy atom. The molecule has 1 heterocycles. The van der Waals surface area contributed by atoms with E-state index in [9.17, 15) is 18.0 Å². The fraction of sp³-hybridized carbons (Fsp3) is 0.258. The van der Waals surface area contributed by atoms with Crippen LogP contribution in [-0.4, -0.2) is 37.0 Å². The molecular formula is C31H34N4O5S2. The third-order valence-corrected chi connectivity index (χ3v) is 8.63. The molecule has 0 saturated heterocycles. The van der Waals surface area contributed by atoms with Crippen molar-refractivity contribution in [1.82, 2.24) is 15.0 Å². The molecular weight excluding hydrogens is 572 g/mol. The smallest absolute Gasteiger partial charge is 0.411 e. The minimum absolute atomic E-state index is 0.0993. The summed E-state index contributed by atoms with van der Waals surface area (Å²) in [6.07, 6.45) is 0.886. The van der Waals surface area contributed by atoms with Crippen molar-refractivity contribution in [2.45, 2.75) is 57.7 Å². The van der Waals surface area contributed by atoms with Crippen LogP contribution in [0.4, 0.5) is 10.5 Å². The molecule has 0 saturated carbocycles. The van der Waals surface area contributed by atoms with Crippen LogP contribution in [0.3, 0.4) is 0 Å². The molecule has 11 heteroatoms. The van der Waals surface area contributed by atoms with Gasteiger partial charge >= 0.3 is 6.09 Å². The quantitative estimate of drug-likeness (QED) is 0.201. The maximum Gasteiger partial charge on any atom is 0.411 e. The molecule has 0 aliphatic carbocycles. The third-order valence-electron chi connectivity index (χ3n) is 5.76. The van der Waals surface area contributed by atoms with E-state index in [1.54, 1.807) is 95.4 Å². The Morgan fingerprint density at radius 2 is 1.67 bits per heavy atom. The van der Waals surface area contributed by atoms with Crippen molar-refractivity contribution in [2.24, 2.45) is 0 Å². The zero-order chi connectivity index (χ0) is 30.5. The Morgan fingerprint density at radius 3 is 2.31 bits per heavy atom. The van der Waals surface area contributed by atoms with E-state index in [1.165, 1.54) is 11.3 Å². The number of rotatable bonds is 9. The Hall–Kier alpha value is -4.06. The molecule has 0 radical (unpaired) electrons. The van der Waals surface area contributed by atoms with Gasteiger partial charge in [-0.2, -0.15) is 0 Å². The van der Waals surface area contributed by atoms with Crippen molar-refractivity contribution in [3.05, 3.63) is 90.1 Å². The summed E-state index contributed by atoms with van der Waals surface area (Å²) in [7, 11) is -3.93. The minimum atomic E-state index is -3.93. The van der Waals surface area contributed by atoms with Crippen LogP contribution in [-0.2, 0) is 21.3 Å². The summed E-state index contributed by atoms with van der Waals surface area (Å²) in [5.74, 6) is -0.248. The molecule has 3 N–H and O–H groups in total. The molecule has 220 valence electrons. The molecule has 1 aromatic heterocycles. The Balaban J connectivity index is 1.61. The number of carbonyl (C=O) groups excluding carboxylic acids is 2. The van der Waals surface area contributed by atoms with Crippen LogP contribution in [0.1, 0.15) is 50.5 Å². The van der Waals surface area contributed by atoms with Crippen LogP contribution in [0.2, 0.25) is 0 Å². The predicted octanol–water partition coefficient (Wildman–Crippen LogP) is 6.44. The summed E-state index contributed by atoms with van der Waals surface area (Å²) in [5, 5.41) is 6.22. The number of nitrogens with one attached hydrogen (secondary N) is 3. The first-order chi connectivity index (χ1) is 19.8. The second kappa shape index (κ2) is 12.8. The Labute approximate surface area is 250 Å². The highest BCUT2D eigenvalue weighted by Gasteiger charge is 2.26. The first-order valence-electron chi connectivity index (χ1n) is 13.4. The van der Waals surface area contributed by atoms with Gasteiger partial charge in [0.2, 0.25) is 10.0 Å². The van der Waals surface area contributed by atoms with Gasteiger partial charge in [0.25, 0.3) is 5.91 Å². The van der Waals surface area contributed by atoms with Gasteiger partial charge in [-0.1, -0.05) is 30.3 Å². The first kappa shape index (κ1) is 30.9. The van der Waals surface area contributed by atoms with Crippen molar-refractivity contribution >= 4 is 39.0 Å². The highest BCUT2D eigenvalue weighted by atomic mass is 32.2. The zero-order valence-corrected chi connectivity index (χ0v) is 25.7. The fourth-order valence-corrected chi connectivity index (χ4v) is 6.74. The van der Waals surface area contributed by atoms with Crippen LogP contribution in [0.25, 0.3) is 21.0 Å². The maximum atomic E-state index is 13.6. The van der Waals surface area contributed by atoms with E-state index < -0.39 is 21.7 Å². The number of amides is 2. The number of nitrogens with zero attached hydrogens (tertiary/aromatic N) is 1. The number of hydrogen-bond donors (Lipinski definition) is 3. The average molecular weight is 607 g/mol. The molecule has 4 aromatic rings. The Kier molecular flexibility index (Phi) is 9.45. The number of anilines is 1. The molecule has 0 fully saturated rings. The van der Waals surface area contributed by atoms with E-state index in [0.29, 0.717) is 32.3 Å². The van der Waals surface area contributed by atoms with Crippen LogP contribution in [0.5, 0.6) is 0 Å². The summed E-state index contributed by atoms with van der Waals surface area (Å²) < 4.78 is 35.0. The molecule has 0 spiro atoms. The summed E-state index contributed by atoms with van der Waals surface area (Å²) in [4.78, 5) is 29.7. The summed E-state index contributed by atoms with van der Waals surface area (Å²) >= 11 is 1.35. The molecule has 0 atom stereocenters. The summed E-state index contributed by atoms with van der Waals surface area (Å²) in [6.45, 7) is 9.04. The van der Waals surface area contributed by atoms with Gasteiger partial charge < -0.3 is 10.1 Å². The van der Waals surface area contributed by atoms with Gasteiger partial charge in [-0.15, -0.1) is 11.3 Å². The van der Waals surface area contributed by atoms with Crippen molar-refractivity contribution in [1.29, 1.82) is 0 Å². The Bertz CT molecular complexity index is 1660. The highest BCUT2D eigenvalue weighted by Crippen LogP contribution is 2.36. The van der Waals surface area contributed by atoms with Gasteiger partial charge in [-0.3, -0.25) is 10.1 Å². The van der Waals surface area contributed by atoms with Crippen molar-refractivity contribution in [3.8, 4) is 21.0 Å². The molecule has 0 unspecified atom stereocenters. The average Bonchev–Trinajstić information content (AvgIpc) is 3.41. The van der Waals surface area contributed by atoms with Crippen LogP contribution < -0.4 is 15.4 Å². The lowest BCUT2D eigenvalue weighted by Crippen LogP contribution is -2.40. The number of aromatic nitrogens is 1. The standard InChI is InChI=1S/C31H34N4O5S2/c1-20(2)40-30(37)34-24-14-12-23(13-15-24)29-33-19-26(41-29)25-16-11-21(17-27(25)42(38,39)35-31(3,4)5)18-32-28(36)22-9-7-6-8-10-22/h6-17,19-20,35H,18H2,1-5H3,(H,32,36)(H,34,37). The number of thiazole rings is 1. The topological polar surface area (TPSA) is 126 Å². The second-order valence-electron chi connectivity index (χ2n) is 10.9. The van der Waals surface area contributed by atoms with Gasteiger partial charge in [-0.25, -0.2) is 22.9 Å². The molecule has 2 amide bonds. The number of ether oxygens (including phenoxy) is 1. The zero-order valence-electron chi connectivity index (χ0n) is 24.1. The number of hydrogen-bond acceptors (Lipinski definition) is 7. The van der Waals surface area contributed by atoms with Gasteiger partial charge in [0.05, 0.1) is 15.9 Å².